The summed E-state index contributed by atoms with van der Waals surface area (Å²) in [5.74, 6) is -2.52. The number of halogens is 2. The Balaban J connectivity index is 1.90. The molecule has 0 saturated carbocycles. The number of rotatable bonds is 3. The van der Waals surface area contributed by atoms with E-state index in [1.165, 1.54) is 0 Å². The van der Waals surface area contributed by atoms with Gasteiger partial charge in [-0.05, 0) is 0 Å². The number of pyridine rings is 1. The Morgan fingerprint density at radius 2 is 2.33 bits per heavy atom. The van der Waals surface area contributed by atoms with Gasteiger partial charge in [0.2, 0.25) is 0 Å². The largest absolute Gasteiger partial charge is 0.376 e. The first-order chi connectivity index (χ1) is 8.66. The summed E-state index contributed by atoms with van der Waals surface area (Å²) in [6, 6.07) is 0.613. The molecular weight excluding hydrogens is 246 g/mol. The van der Waals surface area contributed by atoms with E-state index in [1.807, 2.05) is 0 Å². The van der Waals surface area contributed by atoms with Crippen molar-refractivity contribution in [2.75, 3.05) is 26.4 Å². The van der Waals surface area contributed by atoms with Crippen LogP contribution in [0.2, 0.25) is 0 Å². The summed E-state index contributed by atoms with van der Waals surface area (Å²) >= 11 is 0. The van der Waals surface area contributed by atoms with Crippen molar-refractivity contribution in [3.05, 3.63) is 29.6 Å². The molecule has 2 rings (SSSR count). The normalized spacial score (nSPS) is 19.6. The summed E-state index contributed by atoms with van der Waals surface area (Å²) in [5.41, 5.74) is -0.437. The minimum Gasteiger partial charge on any atom is -0.376 e. The molecule has 5 nitrogen and oxygen atoms in total. The van der Waals surface area contributed by atoms with Crippen LogP contribution in [-0.4, -0.2) is 43.4 Å². The van der Waals surface area contributed by atoms with Crippen molar-refractivity contribution in [2.24, 2.45) is 0 Å². The van der Waals surface area contributed by atoms with Crippen molar-refractivity contribution in [2.45, 2.75) is 6.10 Å². The zero-order chi connectivity index (χ0) is 13.0. The van der Waals surface area contributed by atoms with Gasteiger partial charge >= 0.3 is 0 Å². The van der Waals surface area contributed by atoms with Crippen molar-refractivity contribution in [1.29, 1.82) is 0 Å². The molecule has 18 heavy (non-hydrogen) atoms. The van der Waals surface area contributed by atoms with Gasteiger partial charge in [0.05, 0.1) is 32.1 Å². The Morgan fingerprint density at radius 1 is 1.50 bits per heavy atom. The van der Waals surface area contributed by atoms with Crippen molar-refractivity contribution in [1.82, 2.24) is 10.3 Å². The van der Waals surface area contributed by atoms with Crippen molar-refractivity contribution in [3.63, 3.8) is 0 Å². The van der Waals surface area contributed by atoms with Gasteiger partial charge in [-0.2, -0.15) is 0 Å². The molecule has 1 saturated heterocycles. The highest BCUT2D eigenvalue weighted by Crippen LogP contribution is 2.06. The van der Waals surface area contributed by atoms with Crippen LogP contribution in [0.1, 0.15) is 10.5 Å². The van der Waals surface area contributed by atoms with Gasteiger partial charge < -0.3 is 14.8 Å². The second kappa shape index (κ2) is 5.83. The van der Waals surface area contributed by atoms with Crippen LogP contribution in [0.3, 0.4) is 0 Å². The maximum absolute atomic E-state index is 13.2. The number of nitrogens with one attached hydrogen (secondary N) is 1. The van der Waals surface area contributed by atoms with E-state index in [0.717, 1.165) is 6.20 Å². The van der Waals surface area contributed by atoms with Crippen molar-refractivity contribution >= 4 is 5.91 Å². The molecule has 1 aromatic heterocycles. The number of carbonyl (C=O) groups is 1. The molecule has 98 valence electrons. The van der Waals surface area contributed by atoms with E-state index >= 15 is 0 Å². The van der Waals surface area contributed by atoms with Gasteiger partial charge in [0.25, 0.3) is 5.91 Å². The lowest BCUT2D eigenvalue weighted by Crippen LogP contribution is -2.40. The quantitative estimate of drug-likeness (QED) is 0.858. The molecule has 0 bridgehead atoms. The zero-order valence-corrected chi connectivity index (χ0v) is 9.49. The molecule has 1 aliphatic heterocycles. The SMILES string of the molecule is O=C(NC[C@H]1COCCO1)c1ncc(F)cc1F. The second-order valence-corrected chi connectivity index (χ2v) is 3.76. The molecule has 0 aromatic carbocycles. The monoisotopic (exact) mass is 258 g/mol. The third kappa shape index (κ3) is 3.21. The zero-order valence-electron chi connectivity index (χ0n) is 9.49. The third-order valence-corrected chi connectivity index (χ3v) is 2.40. The first-order valence-electron chi connectivity index (χ1n) is 5.45. The number of hydrogen-bond acceptors (Lipinski definition) is 4. The molecule has 1 atom stereocenters. The highest BCUT2D eigenvalue weighted by Gasteiger charge is 2.18. The van der Waals surface area contributed by atoms with E-state index in [4.69, 9.17) is 9.47 Å². The van der Waals surface area contributed by atoms with Crippen LogP contribution in [0.15, 0.2) is 12.3 Å². The number of aromatic nitrogens is 1. The smallest absolute Gasteiger partial charge is 0.273 e. The van der Waals surface area contributed by atoms with Gasteiger partial charge in [-0.1, -0.05) is 0 Å². The average Bonchev–Trinajstić information content (AvgIpc) is 2.37. The third-order valence-electron chi connectivity index (χ3n) is 2.40. The highest BCUT2D eigenvalue weighted by molar-refractivity contribution is 5.92. The van der Waals surface area contributed by atoms with Crippen LogP contribution >= 0.6 is 0 Å². The lowest BCUT2D eigenvalue weighted by molar-refractivity contribution is -0.0855. The lowest BCUT2D eigenvalue weighted by atomic mass is 10.3. The standard InChI is InChI=1S/C11H12F2N2O3/c12-7-3-9(13)10(14-4-7)11(16)15-5-8-6-17-1-2-18-8/h3-4,8H,1-2,5-6H2,(H,15,16)/t8-/m0/s1. The summed E-state index contributed by atoms with van der Waals surface area (Å²) in [4.78, 5) is 15.0. The molecule has 1 fully saturated rings. The van der Waals surface area contributed by atoms with E-state index in [1.54, 1.807) is 0 Å². The minimum atomic E-state index is -0.992. The lowest BCUT2D eigenvalue weighted by Gasteiger charge is -2.22. The van der Waals surface area contributed by atoms with E-state index in [-0.39, 0.29) is 12.6 Å². The maximum atomic E-state index is 13.2. The summed E-state index contributed by atoms with van der Waals surface area (Å²) < 4.78 is 36.3. The Labute approximate surface area is 102 Å². The van der Waals surface area contributed by atoms with Crippen LogP contribution in [-0.2, 0) is 9.47 Å². The van der Waals surface area contributed by atoms with Crippen LogP contribution in [0.4, 0.5) is 8.78 Å². The molecule has 0 unspecified atom stereocenters. The van der Waals surface area contributed by atoms with Crippen LogP contribution < -0.4 is 5.32 Å². The predicted octanol–water partition coefficient (Wildman–Crippen LogP) is 0.505. The molecule has 1 aliphatic rings. The second-order valence-electron chi connectivity index (χ2n) is 3.76. The Morgan fingerprint density at radius 3 is 3.00 bits per heavy atom. The number of amides is 1. The number of ether oxygens (including phenoxy) is 2. The predicted molar refractivity (Wildman–Crippen MR) is 57.0 cm³/mol. The van der Waals surface area contributed by atoms with Gasteiger partial charge in [0.15, 0.2) is 11.5 Å². The average molecular weight is 258 g/mol. The molecule has 1 N–H and O–H groups in total. The van der Waals surface area contributed by atoms with Crippen molar-refractivity contribution < 1.29 is 23.0 Å². The Hall–Kier alpha value is -1.60. The fourth-order valence-corrected chi connectivity index (χ4v) is 1.53. The summed E-state index contributed by atoms with van der Waals surface area (Å²) in [6.07, 6.45) is 0.532. The summed E-state index contributed by atoms with van der Waals surface area (Å²) in [6.45, 7) is 1.55. The highest BCUT2D eigenvalue weighted by atomic mass is 19.1. The van der Waals surface area contributed by atoms with Gasteiger partial charge in [0, 0.05) is 12.6 Å². The van der Waals surface area contributed by atoms with Crippen LogP contribution in [0, 0.1) is 11.6 Å². The maximum Gasteiger partial charge on any atom is 0.273 e. The fourth-order valence-electron chi connectivity index (χ4n) is 1.53. The molecule has 1 amide bonds. The van der Waals surface area contributed by atoms with Gasteiger partial charge in [-0.25, -0.2) is 13.8 Å². The topological polar surface area (TPSA) is 60.5 Å². The fraction of sp³-hybridized carbons (Fsp3) is 0.455. The molecule has 0 radical (unpaired) electrons. The van der Waals surface area contributed by atoms with Crippen molar-refractivity contribution in [3.8, 4) is 0 Å². The first-order valence-corrected chi connectivity index (χ1v) is 5.45. The molecule has 1 aromatic rings. The molecule has 2 heterocycles. The summed E-state index contributed by atoms with van der Waals surface area (Å²) in [7, 11) is 0. The van der Waals surface area contributed by atoms with Gasteiger partial charge in [-0.3, -0.25) is 4.79 Å². The molecule has 0 spiro atoms. The van der Waals surface area contributed by atoms with Gasteiger partial charge in [0.1, 0.15) is 5.82 Å². The number of carbonyl (C=O) groups excluding carboxylic acids is 1. The van der Waals surface area contributed by atoms with Crippen LogP contribution in [0.5, 0.6) is 0 Å². The molecule has 0 aliphatic carbocycles. The molecule has 7 heteroatoms. The first kappa shape index (κ1) is 12.8. The summed E-state index contributed by atoms with van der Waals surface area (Å²) in [5, 5.41) is 2.46. The van der Waals surface area contributed by atoms with E-state index in [9.17, 15) is 13.6 Å². The van der Waals surface area contributed by atoms with E-state index in [2.05, 4.69) is 10.3 Å². The van der Waals surface area contributed by atoms with E-state index in [0.29, 0.717) is 25.9 Å². The Bertz CT molecular complexity index is 436. The minimum absolute atomic E-state index is 0.192. The Kier molecular flexibility index (Phi) is 4.16. The number of nitrogens with zero attached hydrogens (tertiary/aromatic N) is 1. The number of hydrogen-bond donors (Lipinski definition) is 1. The molecular formula is C11H12F2N2O3. The van der Waals surface area contributed by atoms with E-state index < -0.39 is 23.2 Å². The van der Waals surface area contributed by atoms with Gasteiger partial charge in [-0.15, -0.1) is 0 Å². The van der Waals surface area contributed by atoms with Crippen LogP contribution in [0.25, 0.3) is 0 Å².